The molecule has 0 aromatic carbocycles. The number of likely N-dealkylation sites (tertiary alicyclic amines) is 1. The largest absolute Gasteiger partial charge is 0.444 e. The van der Waals surface area contributed by atoms with Crippen molar-refractivity contribution in [1.29, 1.82) is 0 Å². The average molecular weight is 312 g/mol. The molecule has 0 spiro atoms. The molecule has 0 radical (unpaired) electrons. The molecule has 0 bridgehead atoms. The predicted octanol–water partition coefficient (Wildman–Crippen LogP) is 2.73. The van der Waals surface area contributed by atoms with Gasteiger partial charge in [0.15, 0.2) is 0 Å². The van der Waals surface area contributed by atoms with Crippen molar-refractivity contribution in [2.75, 3.05) is 12.3 Å². The van der Waals surface area contributed by atoms with Gasteiger partial charge in [0.05, 0.1) is 11.8 Å². The fraction of sp³-hybridized carbons (Fsp3) is 0.917. The average Bonchev–Trinajstić information content (AvgIpc) is 2.37. The van der Waals surface area contributed by atoms with Gasteiger partial charge < -0.3 is 9.64 Å². The van der Waals surface area contributed by atoms with Crippen LogP contribution in [0.15, 0.2) is 0 Å². The Bertz CT molecular complexity index is 416. The van der Waals surface area contributed by atoms with Gasteiger partial charge in [-0.1, -0.05) is 12.8 Å². The van der Waals surface area contributed by atoms with Gasteiger partial charge in [-0.05, 0) is 33.6 Å². The maximum Gasteiger partial charge on any atom is 0.410 e. The Balaban J connectivity index is 2.81. The van der Waals surface area contributed by atoms with E-state index in [9.17, 15) is 13.2 Å². The number of carbonyl (C=O) groups excluding carboxylic acids is 1. The van der Waals surface area contributed by atoms with E-state index in [1.807, 2.05) is 0 Å². The summed E-state index contributed by atoms with van der Waals surface area (Å²) in [6, 6.07) is -0.389. The maximum absolute atomic E-state index is 12.1. The lowest BCUT2D eigenvalue weighted by Crippen LogP contribution is -2.45. The molecule has 0 aliphatic carbocycles. The third kappa shape index (κ3) is 6.47. The number of rotatable bonds is 2. The molecule has 112 valence electrons. The van der Waals surface area contributed by atoms with E-state index >= 15 is 0 Å². The van der Waals surface area contributed by atoms with Crippen LogP contribution in [0.2, 0.25) is 0 Å². The van der Waals surface area contributed by atoms with Gasteiger partial charge in [-0.25, -0.2) is 13.2 Å². The monoisotopic (exact) mass is 311 g/mol. The van der Waals surface area contributed by atoms with Gasteiger partial charge in [0.2, 0.25) is 9.05 Å². The highest BCUT2D eigenvalue weighted by Crippen LogP contribution is 2.22. The molecular weight excluding hydrogens is 290 g/mol. The van der Waals surface area contributed by atoms with Gasteiger partial charge in [-0.2, -0.15) is 0 Å². The Hall–Kier alpha value is -0.490. The Kier molecular flexibility index (Phi) is 5.50. The van der Waals surface area contributed by atoms with Crippen LogP contribution in [0.1, 0.15) is 46.5 Å². The summed E-state index contributed by atoms with van der Waals surface area (Å²) in [5.74, 6) is -0.214. The van der Waals surface area contributed by atoms with E-state index in [4.69, 9.17) is 15.4 Å². The van der Waals surface area contributed by atoms with Gasteiger partial charge in [-0.15, -0.1) is 0 Å². The van der Waals surface area contributed by atoms with Gasteiger partial charge in [-0.3, -0.25) is 0 Å². The zero-order valence-corrected chi connectivity index (χ0v) is 13.3. The van der Waals surface area contributed by atoms with Gasteiger partial charge in [0, 0.05) is 17.2 Å². The number of ether oxygens (including phenoxy) is 1. The molecular formula is C12H22ClNO4S. The van der Waals surface area contributed by atoms with Crippen LogP contribution in [0.4, 0.5) is 4.79 Å². The molecule has 0 aromatic heterocycles. The normalized spacial score (nSPS) is 21.9. The van der Waals surface area contributed by atoms with Crippen LogP contribution in [0, 0.1) is 0 Å². The summed E-state index contributed by atoms with van der Waals surface area (Å²) in [6.45, 7) is 5.88. The van der Waals surface area contributed by atoms with Crippen molar-refractivity contribution < 1.29 is 17.9 Å². The first kappa shape index (κ1) is 16.6. The van der Waals surface area contributed by atoms with Crippen LogP contribution < -0.4 is 0 Å². The molecule has 1 fully saturated rings. The zero-order valence-electron chi connectivity index (χ0n) is 11.7. The number of halogens is 1. The summed E-state index contributed by atoms with van der Waals surface area (Å²) in [4.78, 5) is 13.6. The SMILES string of the molecule is CC(C)(C)OC(=O)N1CCCCCC1CS(=O)(=O)Cl. The molecule has 7 heteroatoms. The number of hydrogen-bond acceptors (Lipinski definition) is 4. The van der Waals surface area contributed by atoms with Gasteiger partial charge >= 0.3 is 6.09 Å². The first-order chi connectivity index (χ1) is 8.58. The molecule has 1 aliphatic heterocycles. The molecule has 0 N–H and O–H groups in total. The second-order valence-corrected chi connectivity index (χ2v) is 8.70. The van der Waals surface area contributed by atoms with Crippen LogP contribution >= 0.6 is 10.7 Å². The van der Waals surface area contributed by atoms with E-state index in [2.05, 4.69) is 0 Å². The summed E-state index contributed by atoms with van der Waals surface area (Å²) >= 11 is 0. The van der Waals surface area contributed by atoms with E-state index in [0.29, 0.717) is 13.0 Å². The topological polar surface area (TPSA) is 63.7 Å². The van der Waals surface area contributed by atoms with Crippen molar-refractivity contribution in [2.24, 2.45) is 0 Å². The highest BCUT2D eigenvalue weighted by molar-refractivity contribution is 8.13. The van der Waals surface area contributed by atoms with Crippen LogP contribution in [-0.2, 0) is 13.8 Å². The zero-order chi connectivity index (χ0) is 14.7. The smallest absolute Gasteiger partial charge is 0.410 e. The van der Waals surface area contributed by atoms with E-state index in [0.717, 1.165) is 19.3 Å². The standard InChI is InChI=1S/C12H22ClNO4S/c1-12(2,3)18-11(15)14-8-6-4-5-7-10(14)9-19(13,16)17/h10H,4-9H2,1-3H3. The van der Waals surface area contributed by atoms with Crippen LogP contribution in [0.25, 0.3) is 0 Å². The number of amides is 1. The van der Waals surface area contributed by atoms with Crippen molar-refractivity contribution in [3.63, 3.8) is 0 Å². The lowest BCUT2D eigenvalue weighted by Gasteiger charge is -2.31. The van der Waals surface area contributed by atoms with Crippen LogP contribution in [0.3, 0.4) is 0 Å². The summed E-state index contributed by atoms with van der Waals surface area (Å²) in [7, 11) is 1.69. The van der Waals surface area contributed by atoms with E-state index in [1.54, 1.807) is 20.8 Å². The molecule has 1 rings (SSSR count). The molecule has 1 saturated heterocycles. The van der Waals surface area contributed by atoms with Crippen molar-refractivity contribution in [1.82, 2.24) is 4.90 Å². The Labute approximate surface area is 119 Å². The molecule has 1 atom stereocenters. The van der Waals surface area contributed by atoms with E-state index in [1.165, 1.54) is 4.90 Å². The summed E-state index contributed by atoms with van der Waals surface area (Å²) in [5.41, 5.74) is -0.590. The third-order valence-corrected chi connectivity index (χ3v) is 4.06. The van der Waals surface area contributed by atoms with Gasteiger partial charge in [0.25, 0.3) is 0 Å². The molecule has 19 heavy (non-hydrogen) atoms. The van der Waals surface area contributed by atoms with Crippen molar-refractivity contribution in [3.8, 4) is 0 Å². The first-order valence-electron chi connectivity index (χ1n) is 6.50. The van der Waals surface area contributed by atoms with E-state index in [-0.39, 0.29) is 11.8 Å². The molecule has 0 saturated carbocycles. The minimum absolute atomic E-state index is 0.214. The lowest BCUT2D eigenvalue weighted by molar-refractivity contribution is 0.0186. The fourth-order valence-electron chi connectivity index (χ4n) is 2.14. The van der Waals surface area contributed by atoms with Crippen LogP contribution in [0.5, 0.6) is 0 Å². The second kappa shape index (κ2) is 6.31. The van der Waals surface area contributed by atoms with Gasteiger partial charge in [0.1, 0.15) is 5.60 Å². The summed E-state index contributed by atoms with van der Waals surface area (Å²) in [6.07, 6.45) is 2.93. The minimum Gasteiger partial charge on any atom is -0.444 e. The highest BCUT2D eigenvalue weighted by Gasteiger charge is 2.31. The predicted molar refractivity (Wildman–Crippen MR) is 74.8 cm³/mol. The minimum atomic E-state index is -3.63. The first-order valence-corrected chi connectivity index (χ1v) is 8.98. The fourth-order valence-corrected chi connectivity index (χ4v) is 3.38. The van der Waals surface area contributed by atoms with Crippen molar-refractivity contribution in [2.45, 2.75) is 58.1 Å². The second-order valence-electron chi connectivity index (χ2n) is 5.88. The third-order valence-electron chi connectivity index (χ3n) is 2.90. The molecule has 1 heterocycles. The Morgan fingerprint density at radius 1 is 1.32 bits per heavy atom. The summed E-state index contributed by atoms with van der Waals surface area (Å²) < 4.78 is 27.8. The maximum atomic E-state index is 12.1. The molecule has 1 amide bonds. The molecule has 1 unspecified atom stereocenters. The van der Waals surface area contributed by atoms with Crippen LogP contribution in [-0.4, -0.2) is 43.4 Å². The molecule has 1 aliphatic rings. The lowest BCUT2D eigenvalue weighted by atomic mass is 10.1. The number of hydrogen-bond donors (Lipinski definition) is 0. The Morgan fingerprint density at radius 2 is 1.95 bits per heavy atom. The number of nitrogens with zero attached hydrogens (tertiary/aromatic N) is 1. The quantitative estimate of drug-likeness (QED) is 0.736. The molecule has 5 nitrogen and oxygen atoms in total. The van der Waals surface area contributed by atoms with Crippen molar-refractivity contribution >= 4 is 25.8 Å². The van der Waals surface area contributed by atoms with E-state index < -0.39 is 20.7 Å². The molecule has 0 aromatic rings. The highest BCUT2D eigenvalue weighted by atomic mass is 35.7. The Morgan fingerprint density at radius 3 is 2.47 bits per heavy atom. The summed E-state index contributed by atoms with van der Waals surface area (Å²) in [5, 5.41) is 0. The van der Waals surface area contributed by atoms with Crippen molar-refractivity contribution in [3.05, 3.63) is 0 Å². The number of carbonyl (C=O) groups is 1.